The van der Waals surface area contributed by atoms with Gasteiger partial charge in [0.1, 0.15) is 12.6 Å². The Hall–Kier alpha value is -1.59. The molecular formula is C14H22N3O2+. The number of aromatic nitrogens is 2. The summed E-state index contributed by atoms with van der Waals surface area (Å²) in [6, 6.07) is 7.55. The summed E-state index contributed by atoms with van der Waals surface area (Å²) in [4.78, 5) is 16.0. The number of fused-ring (bicyclic) bond motifs is 1. The number of aliphatic hydroxyl groups is 1. The first kappa shape index (κ1) is 13.8. The second-order valence-electron chi connectivity index (χ2n) is 4.87. The van der Waals surface area contributed by atoms with Gasteiger partial charge in [-0.2, -0.15) is 0 Å². The van der Waals surface area contributed by atoms with Crippen molar-refractivity contribution in [1.29, 1.82) is 0 Å². The topological polar surface area (TPSA) is 62.5 Å². The number of benzene rings is 1. The summed E-state index contributed by atoms with van der Waals surface area (Å²) >= 11 is 0. The molecule has 1 aromatic carbocycles. The van der Waals surface area contributed by atoms with Crippen LogP contribution in [0.25, 0.3) is 11.0 Å². The lowest BCUT2D eigenvalue weighted by Gasteiger charge is -2.19. The van der Waals surface area contributed by atoms with E-state index in [9.17, 15) is 9.90 Å². The van der Waals surface area contributed by atoms with Crippen LogP contribution in [0, 0.1) is 0 Å². The van der Waals surface area contributed by atoms with Crippen molar-refractivity contribution in [3.05, 3.63) is 34.7 Å². The van der Waals surface area contributed by atoms with Crippen molar-refractivity contribution in [1.82, 2.24) is 9.55 Å². The fourth-order valence-corrected chi connectivity index (χ4v) is 2.44. The molecule has 5 heteroatoms. The van der Waals surface area contributed by atoms with Crippen LogP contribution in [0.15, 0.2) is 29.1 Å². The molecule has 19 heavy (non-hydrogen) atoms. The normalized spacial score (nSPS) is 13.3. The molecule has 0 bridgehead atoms. The standard InChI is InChI=1S/C14H21N3O2/c1-3-16(4-2)9-11(18)10-17-13-8-6-5-7-12(13)15-14(17)19/h5-8,11,18H,3-4,9-10H2,1-2H3,(H,15,19)/p+1/t11-/m1/s1. The van der Waals surface area contributed by atoms with Crippen molar-refractivity contribution in [2.24, 2.45) is 0 Å². The number of aromatic amines is 1. The molecule has 1 atom stereocenters. The minimum Gasteiger partial charge on any atom is -0.385 e. The van der Waals surface area contributed by atoms with Crippen molar-refractivity contribution in [3.63, 3.8) is 0 Å². The molecule has 104 valence electrons. The van der Waals surface area contributed by atoms with Crippen LogP contribution in [0.2, 0.25) is 0 Å². The van der Waals surface area contributed by atoms with Crippen LogP contribution in [0.5, 0.6) is 0 Å². The summed E-state index contributed by atoms with van der Waals surface area (Å²) in [6.07, 6.45) is -0.508. The maximum absolute atomic E-state index is 11.9. The van der Waals surface area contributed by atoms with Crippen LogP contribution in [0.4, 0.5) is 0 Å². The molecule has 0 fully saturated rings. The number of rotatable bonds is 6. The molecule has 1 heterocycles. The number of para-hydroxylation sites is 2. The maximum atomic E-state index is 11.9. The number of hydrogen-bond acceptors (Lipinski definition) is 2. The van der Waals surface area contributed by atoms with E-state index in [1.165, 1.54) is 4.90 Å². The van der Waals surface area contributed by atoms with E-state index in [1.807, 2.05) is 24.3 Å². The number of H-pyrrole nitrogens is 1. The van der Waals surface area contributed by atoms with Crippen molar-refractivity contribution < 1.29 is 10.0 Å². The highest BCUT2D eigenvalue weighted by Gasteiger charge is 2.15. The zero-order valence-corrected chi connectivity index (χ0v) is 11.5. The zero-order valence-electron chi connectivity index (χ0n) is 11.5. The third-order valence-corrected chi connectivity index (χ3v) is 3.60. The maximum Gasteiger partial charge on any atom is 0.326 e. The van der Waals surface area contributed by atoms with Gasteiger partial charge >= 0.3 is 5.69 Å². The largest absolute Gasteiger partial charge is 0.385 e. The number of nitrogens with one attached hydrogen (secondary N) is 2. The smallest absolute Gasteiger partial charge is 0.326 e. The molecule has 0 spiro atoms. The van der Waals surface area contributed by atoms with Gasteiger partial charge in [-0.3, -0.25) is 4.57 Å². The number of imidazole rings is 1. The highest BCUT2D eigenvalue weighted by atomic mass is 16.3. The Morgan fingerprint density at radius 3 is 2.68 bits per heavy atom. The quantitative estimate of drug-likeness (QED) is 0.666. The number of aliphatic hydroxyl groups excluding tert-OH is 1. The van der Waals surface area contributed by atoms with Gasteiger partial charge in [0.25, 0.3) is 0 Å². The Morgan fingerprint density at radius 2 is 2.00 bits per heavy atom. The molecular weight excluding hydrogens is 242 g/mol. The van der Waals surface area contributed by atoms with E-state index in [1.54, 1.807) is 4.57 Å². The van der Waals surface area contributed by atoms with Gasteiger partial charge in [0.05, 0.1) is 30.7 Å². The average Bonchev–Trinajstić information content (AvgIpc) is 2.72. The van der Waals surface area contributed by atoms with Crippen molar-refractivity contribution in [2.45, 2.75) is 26.5 Å². The Bertz CT molecular complexity index is 584. The molecule has 5 nitrogen and oxygen atoms in total. The number of nitrogens with zero attached hydrogens (tertiary/aromatic N) is 1. The number of likely N-dealkylation sites (N-methyl/N-ethyl adjacent to an activating group) is 1. The SMILES string of the molecule is CC[NH+](CC)C[C@@H](O)Cn1c(=O)[nH]c2ccccc21. The molecule has 0 saturated carbocycles. The van der Waals surface area contributed by atoms with Gasteiger partial charge in [0.15, 0.2) is 0 Å². The van der Waals surface area contributed by atoms with E-state index in [4.69, 9.17) is 0 Å². The third kappa shape index (κ3) is 3.05. The molecule has 2 aromatic rings. The molecule has 0 unspecified atom stereocenters. The van der Waals surface area contributed by atoms with Gasteiger partial charge in [-0.25, -0.2) is 4.79 Å². The predicted molar refractivity (Wildman–Crippen MR) is 75.5 cm³/mol. The summed E-state index contributed by atoms with van der Waals surface area (Å²) in [7, 11) is 0. The Kier molecular flexibility index (Phi) is 4.39. The van der Waals surface area contributed by atoms with Crippen LogP contribution < -0.4 is 10.6 Å². The predicted octanol–water partition coefficient (Wildman–Crippen LogP) is -0.385. The van der Waals surface area contributed by atoms with Gasteiger partial charge < -0.3 is 15.0 Å². The van der Waals surface area contributed by atoms with E-state index in [2.05, 4.69) is 18.8 Å². The first-order chi connectivity index (χ1) is 9.15. The molecule has 0 amide bonds. The fraction of sp³-hybridized carbons (Fsp3) is 0.500. The molecule has 2 rings (SSSR count). The lowest BCUT2D eigenvalue weighted by atomic mass is 10.3. The van der Waals surface area contributed by atoms with Gasteiger partial charge in [0.2, 0.25) is 0 Å². The van der Waals surface area contributed by atoms with Crippen LogP contribution >= 0.6 is 0 Å². The molecule has 3 N–H and O–H groups in total. The third-order valence-electron chi connectivity index (χ3n) is 3.60. The van der Waals surface area contributed by atoms with E-state index >= 15 is 0 Å². The first-order valence-corrected chi connectivity index (χ1v) is 6.84. The first-order valence-electron chi connectivity index (χ1n) is 6.84. The van der Waals surface area contributed by atoms with Crippen LogP contribution in [-0.2, 0) is 6.54 Å². The highest BCUT2D eigenvalue weighted by Crippen LogP contribution is 2.09. The summed E-state index contributed by atoms with van der Waals surface area (Å²) in [5.41, 5.74) is 1.51. The molecule has 0 radical (unpaired) electrons. The van der Waals surface area contributed by atoms with E-state index < -0.39 is 6.10 Å². The van der Waals surface area contributed by atoms with E-state index in [0.717, 1.165) is 24.1 Å². The van der Waals surface area contributed by atoms with E-state index in [-0.39, 0.29) is 5.69 Å². The molecule has 0 aliphatic rings. The lowest BCUT2D eigenvalue weighted by molar-refractivity contribution is -0.899. The molecule has 0 aliphatic heterocycles. The van der Waals surface area contributed by atoms with Crippen molar-refractivity contribution in [2.75, 3.05) is 19.6 Å². The van der Waals surface area contributed by atoms with Gasteiger partial charge in [-0.15, -0.1) is 0 Å². The van der Waals surface area contributed by atoms with Gasteiger partial charge in [-0.05, 0) is 26.0 Å². The van der Waals surface area contributed by atoms with Gasteiger partial charge in [0, 0.05) is 0 Å². The Balaban J connectivity index is 2.17. The second kappa shape index (κ2) is 6.04. The Morgan fingerprint density at radius 1 is 1.32 bits per heavy atom. The minimum absolute atomic E-state index is 0.158. The summed E-state index contributed by atoms with van der Waals surface area (Å²) in [6.45, 7) is 7.17. The molecule has 0 aliphatic carbocycles. The summed E-state index contributed by atoms with van der Waals surface area (Å²) < 4.78 is 1.61. The second-order valence-corrected chi connectivity index (χ2v) is 4.87. The molecule has 0 saturated heterocycles. The zero-order chi connectivity index (χ0) is 13.8. The fourth-order valence-electron chi connectivity index (χ4n) is 2.44. The highest BCUT2D eigenvalue weighted by molar-refractivity contribution is 5.74. The van der Waals surface area contributed by atoms with Crippen LogP contribution in [-0.4, -0.2) is 40.4 Å². The monoisotopic (exact) mass is 264 g/mol. The Labute approximate surface area is 112 Å². The number of quaternary nitrogens is 1. The summed E-state index contributed by atoms with van der Waals surface area (Å²) in [5.74, 6) is 0. The van der Waals surface area contributed by atoms with Crippen molar-refractivity contribution >= 4 is 11.0 Å². The average molecular weight is 264 g/mol. The van der Waals surface area contributed by atoms with Crippen molar-refractivity contribution in [3.8, 4) is 0 Å². The lowest BCUT2D eigenvalue weighted by Crippen LogP contribution is -3.12. The number of hydrogen-bond donors (Lipinski definition) is 3. The van der Waals surface area contributed by atoms with E-state index in [0.29, 0.717) is 13.1 Å². The van der Waals surface area contributed by atoms with Gasteiger partial charge in [-0.1, -0.05) is 12.1 Å². The molecule has 1 aromatic heterocycles. The minimum atomic E-state index is -0.508. The van der Waals surface area contributed by atoms with Crippen LogP contribution in [0.1, 0.15) is 13.8 Å². The van der Waals surface area contributed by atoms with Crippen LogP contribution in [0.3, 0.4) is 0 Å². The summed E-state index contributed by atoms with van der Waals surface area (Å²) in [5, 5.41) is 10.1.